The number of thiol groups is 1. The van der Waals surface area contributed by atoms with Gasteiger partial charge in [0.1, 0.15) is 0 Å². The average Bonchev–Trinajstić information content (AvgIpc) is 2.28. The SMILES string of the molecule is COS(=O)(=O)[O-].COS(=O)(=O)[O-].C[NH+](C)C.NC(N)=[NH+]S. The molecule has 0 aromatic heterocycles. The van der Waals surface area contributed by atoms with E-state index in [0.29, 0.717) is 0 Å². The Morgan fingerprint density at radius 2 is 1.10 bits per heavy atom. The van der Waals surface area contributed by atoms with Crippen molar-refractivity contribution in [2.75, 3.05) is 35.4 Å². The molecular formula is C6H22N4O8S3. The second-order valence-electron chi connectivity index (χ2n) is 3.22. The van der Waals surface area contributed by atoms with Crippen molar-refractivity contribution in [3.8, 4) is 0 Å². The van der Waals surface area contributed by atoms with Crippen LogP contribution >= 0.6 is 12.8 Å². The number of rotatable bonds is 2. The fourth-order valence-corrected chi connectivity index (χ4v) is 0. The van der Waals surface area contributed by atoms with Gasteiger partial charge in [0.15, 0.2) is 0 Å². The highest BCUT2D eigenvalue weighted by Gasteiger charge is 1.79. The lowest BCUT2D eigenvalue weighted by atomic mass is 11.0. The van der Waals surface area contributed by atoms with Gasteiger partial charge in [-0.3, -0.25) is 19.8 Å². The van der Waals surface area contributed by atoms with E-state index in [-0.39, 0.29) is 5.96 Å². The summed E-state index contributed by atoms with van der Waals surface area (Å²) in [5.41, 5.74) is 9.60. The Balaban J connectivity index is -0.0000000929. The van der Waals surface area contributed by atoms with Gasteiger partial charge in [-0.05, 0) is 0 Å². The molecule has 0 fully saturated rings. The first-order chi connectivity index (χ1) is 9.12. The first-order valence-electron chi connectivity index (χ1n) is 4.70. The maximum absolute atomic E-state index is 9.22. The summed E-state index contributed by atoms with van der Waals surface area (Å²) in [4.78, 5) is 1.42. The highest BCUT2D eigenvalue weighted by molar-refractivity contribution is 7.81. The van der Waals surface area contributed by atoms with Gasteiger partial charge in [0.05, 0.1) is 35.4 Å². The summed E-state index contributed by atoms with van der Waals surface area (Å²) in [6.45, 7) is 0. The molecule has 0 aromatic carbocycles. The minimum Gasteiger partial charge on any atom is -0.726 e. The van der Waals surface area contributed by atoms with E-state index in [1.807, 2.05) is 0 Å². The Morgan fingerprint density at radius 1 is 1.00 bits per heavy atom. The molecular weight excluding hydrogens is 352 g/mol. The van der Waals surface area contributed by atoms with E-state index < -0.39 is 20.8 Å². The molecule has 0 saturated carbocycles. The van der Waals surface area contributed by atoms with E-state index in [1.165, 1.54) is 4.90 Å². The van der Waals surface area contributed by atoms with Crippen LogP contribution in [0, 0.1) is 0 Å². The summed E-state index contributed by atoms with van der Waals surface area (Å²) in [7, 11) is -0.958. The third-order valence-electron chi connectivity index (χ3n) is 0.537. The van der Waals surface area contributed by atoms with Crippen molar-refractivity contribution in [3.05, 3.63) is 0 Å². The summed E-state index contributed by atoms with van der Waals surface area (Å²) >= 11 is 3.48. The Kier molecular flexibility index (Phi) is 21.3. The fraction of sp³-hybridized carbons (Fsp3) is 0.833. The van der Waals surface area contributed by atoms with Crippen LogP contribution in [0.5, 0.6) is 0 Å². The standard InChI is InChI=1S/C3H9N.CH5N3S.2CH4O4S/c1-4(2)3;2-1(3)4-5;2*1-5-6(2,3)4/h1-3H3;5H,(H4,2,3,4);2*1H3,(H,2,3,4). The molecule has 0 heterocycles. The molecule has 0 amide bonds. The molecule has 15 heteroatoms. The minimum absolute atomic E-state index is 0.119. The molecule has 0 radical (unpaired) electrons. The topological polar surface area (TPSA) is 203 Å². The lowest BCUT2D eigenvalue weighted by Crippen LogP contribution is -3.02. The van der Waals surface area contributed by atoms with Gasteiger partial charge < -0.3 is 14.0 Å². The molecule has 0 rings (SSSR count). The molecule has 0 bridgehead atoms. The third kappa shape index (κ3) is 108. The van der Waals surface area contributed by atoms with Crippen LogP contribution in [0.25, 0.3) is 0 Å². The van der Waals surface area contributed by atoms with Crippen molar-refractivity contribution in [1.82, 2.24) is 0 Å². The molecule has 132 valence electrons. The van der Waals surface area contributed by atoms with Gasteiger partial charge in [-0.25, -0.2) is 21.2 Å². The zero-order chi connectivity index (χ0) is 18.3. The van der Waals surface area contributed by atoms with Crippen molar-refractivity contribution < 1.29 is 43.6 Å². The zero-order valence-corrected chi connectivity index (χ0v) is 14.7. The molecule has 0 aliphatic heterocycles. The van der Waals surface area contributed by atoms with Crippen LogP contribution in [0.4, 0.5) is 0 Å². The van der Waals surface area contributed by atoms with E-state index in [1.54, 1.807) is 0 Å². The van der Waals surface area contributed by atoms with Crippen LogP contribution in [0.15, 0.2) is 0 Å². The lowest BCUT2D eigenvalue weighted by Gasteiger charge is -1.98. The van der Waals surface area contributed by atoms with Gasteiger partial charge in [0.25, 0.3) is 0 Å². The Hall–Kier alpha value is -0.680. The summed E-state index contributed by atoms with van der Waals surface area (Å²) < 4.78 is 64.2. The normalized spacial score (nSPS) is 9.95. The number of hydrogen-bond donors (Lipinski definition) is 5. The van der Waals surface area contributed by atoms with E-state index >= 15 is 0 Å². The van der Waals surface area contributed by atoms with E-state index in [2.05, 4.69) is 46.7 Å². The van der Waals surface area contributed by atoms with Crippen LogP contribution in [0.2, 0.25) is 0 Å². The quantitative estimate of drug-likeness (QED) is 0.102. The highest BCUT2D eigenvalue weighted by Crippen LogP contribution is 1.74. The molecule has 0 atom stereocenters. The first kappa shape index (κ1) is 28.5. The number of nitrogens with one attached hydrogen (secondary N) is 2. The third-order valence-corrected chi connectivity index (χ3v) is 1.61. The highest BCUT2D eigenvalue weighted by atomic mass is 32.3. The van der Waals surface area contributed by atoms with E-state index in [4.69, 9.17) is 11.5 Å². The van der Waals surface area contributed by atoms with Crippen molar-refractivity contribution in [3.63, 3.8) is 0 Å². The fourth-order valence-electron chi connectivity index (χ4n) is 0. The molecule has 0 unspecified atom stereocenters. The Bertz CT molecular complexity index is 408. The predicted octanol–water partition coefficient (Wildman–Crippen LogP) is -5.87. The molecule has 0 aromatic rings. The average molecular weight is 374 g/mol. The van der Waals surface area contributed by atoms with E-state index in [9.17, 15) is 25.9 Å². The van der Waals surface area contributed by atoms with Gasteiger partial charge >= 0.3 is 5.96 Å². The number of hydrogen-bond acceptors (Lipinski definition) is 9. The van der Waals surface area contributed by atoms with Gasteiger partial charge in [0.2, 0.25) is 20.8 Å². The number of guanidine groups is 1. The predicted molar refractivity (Wildman–Crippen MR) is 75.5 cm³/mol. The molecule has 0 saturated heterocycles. The molecule has 0 aliphatic carbocycles. The number of quaternary nitrogens is 1. The molecule has 21 heavy (non-hydrogen) atoms. The molecule has 12 nitrogen and oxygen atoms in total. The largest absolute Gasteiger partial charge is 0.726 e. The van der Waals surface area contributed by atoms with Crippen LogP contribution in [-0.2, 0) is 29.2 Å². The summed E-state index contributed by atoms with van der Waals surface area (Å²) in [6.07, 6.45) is 0. The summed E-state index contributed by atoms with van der Waals surface area (Å²) in [5.74, 6) is 0.119. The maximum Gasteiger partial charge on any atom is 0.349 e. The maximum atomic E-state index is 9.22. The Morgan fingerprint density at radius 3 is 1.10 bits per heavy atom. The van der Waals surface area contributed by atoms with Crippen LogP contribution in [0.3, 0.4) is 0 Å². The van der Waals surface area contributed by atoms with Gasteiger partial charge in [0, 0.05) is 12.8 Å². The smallest absolute Gasteiger partial charge is 0.349 e. The van der Waals surface area contributed by atoms with Gasteiger partial charge in [-0.1, -0.05) is 0 Å². The second kappa shape index (κ2) is 15.7. The summed E-state index contributed by atoms with van der Waals surface area (Å²) in [5, 5.41) is 0. The number of nitrogens with two attached hydrogens (primary N) is 2. The van der Waals surface area contributed by atoms with E-state index in [0.717, 1.165) is 14.2 Å². The van der Waals surface area contributed by atoms with Gasteiger partial charge in [-0.15, -0.1) is 0 Å². The van der Waals surface area contributed by atoms with Gasteiger partial charge in [-0.2, -0.15) is 0 Å². The zero-order valence-electron chi connectivity index (χ0n) is 12.2. The Labute approximate surface area is 130 Å². The monoisotopic (exact) mass is 374 g/mol. The van der Waals surface area contributed by atoms with Crippen molar-refractivity contribution in [1.29, 1.82) is 0 Å². The lowest BCUT2D eigenvalue weighted by molar-refractivity contribution is -0.836. The molecule has 6 N–H and O–H groups in total. The molecule has 0 spiro atoms. The van der Waals surface area contributed by atoms with Crippen molar-refractivity contribution in [2.24, 2.45) is 11.5 Å². The minimum atomic E-state index is -4.41. The summed E-state index contributed by atoms with van der Waals surface area (Å²) in [6, 6.07) is 0. The first-order valence-corrected chi connectivity index (χ1v) is 7.81. The van der Waals surface area contributed by atoms with Crippen LogP contribution in [-0.4, -0.2) is 67.3 Å². The van der Waals surface area contributed by atoms with Crippen molar-refractivity contribution in [2.45, 2.75) is 0 Å². The van der Waals surface area contributed by atoms with Crippen LogP contribution < -0.4 is 20.8 Å². The molecule has 0 aliphatic rings. The second-order valence-corrected chi connectivity index (χ2v) is 5.74. The van der Waals surface area contributed by atoms with Crippen molar-refractivity contribution >= 4 is 39.6 Å². The van der Waals surface area contributed by atoms with Crippen LogP contribution in [0.1, 0.15) is 0 Å².